The molecule has 1 aliphatic heterocycles. The van der Waals surface area contributed by atoms with Crippen LogP contribution in [0.25, 0.3) is 17.0 Å². The molecule has 0 aromatic carbocycles. The molecule has 4 bridgehead atoms. The first kappa shape index (κ1) is 26.2. The number of nitrogens with two attached hydrogens (primary N) is 1. The summed E-state index contributed by atoms with van der Waals surface area (Å²) in [5, 5.41) is 7.59. The predicted molar refractivity (Wildman–Crippen MR) is 146 cm³/mol. The van der Waals surface area contributed by atoms with E-state index >= 15 is 0 Å². The van der Waals surface area contributed by atoms with Crippen molar-refractivity contribution in [1.82, 2.24) is 24.7 Å². The molecular formula is C26H33BN8O2. The van der Waals surface area contributed by atoms with Crippen molar-refractivity contribution in [3.63, 3.8) is 0 Å². The Hall–Kier alpha value is -3.89. The molecule has 1 saturated carbocycles. The average Bonchev–Trinajstić information content (AvgIpc) is 3.64. The second-order valence-electron chi connectivity index (χ2n) is 9.04. The normalized spacial score (nSPS) is 17.7. The van der Waals surface area contributed by atoms with E-state index in [4.69, 9.17) is 15.2 Å². The predicted octanol–water partition coefficient (Wildman–Crippen LogP) is 3.94. The van der Waals surface area contributed by atoms with Crippen LogP contribution in [0.5, 0.6) is 11.6 Å². The Morgan fingerprint density at radius 2 is 2.05 bits per heavy atom. The van der Waals surface area contributed by atoms with E-state index in [9.17, 15) is 0 Å². The van der Waals surface area contributed by atoms with Crippen molar-refractivity contribution in [2.75, 3.05) is 18.5 Å². The molecule has 3 N–H and O–H groups in total. The van der Waals surface area contributed by atoms with Gasteiger partial charge in [0.25, 0.3) is 0 Å². The van der Waals surface area contributed by atoms with Crippen molar-refractivity contribution in [2.45, 2.75) is 46.0 Å². The zero-order chi connectivity index (χ0) is 26.4. The first-order valence-electron chi connectivity index (χ1n) is 12.4. The van der Waals surface area contributed by atoms with Gasteiger partial charge in [0.05, 0.1) is 26.8 Å². The summed E-state index contributed by atoms with van der Waals surface area (Å²) in [6.45, 7) is 6.65. The van der Waals surface area contributed by atoms with E-state index in [1.807, 2.05) is 33.2 Å². The van der Waals surface area contributed by atoms with Gasteiger partial charge >= 0.3 is 0 Å². The second kappa shape index (κ2) is 11.9. The van der Waals surface area contributed by atoms with Crippen LogP contribution in [0.4, 0.5) is 11.6 Å². The quantitative estimate of drug-likeness (QED) is 0.408. The maximum Gasteiger partial charge on any atom is 0.222 e. The van der Waals surface area contributed by atoms with Crippen molar-refractivity contribution in [2.24, 2.45) is 23.7 Å². The molecule has 1 aliphatic carbocycles. The Labute approximate surface area is 218 Å². The average molecular weight is 500 g/mol. The van der Waals surface area contributed by atoms with E-state index in [1.54, 1.807) is 29.3 Å². The molecule has 0 amide bonds. The smallest absolute Gasteiger partial charge is 0.222 e. The van der Waals surface area contributed by atoms with Gasteiger partial charge in [-0.05, 0) is 38.7 Å². The van der Waals surface area contributed by atoms with Gasteiger partial charge in [0.1, 0.15) is 22.9 Å². The third kappa shape index (κ3) is 6.47. The Bertz CT molecular complexity index is 1280. The minimum absolute atomic E-state index is 0.125. The van der Waals surface area contributed by atoms with E-state index in [0.717, 1.165) is 23.2 Å². The molecule has 0 spiro atoms. The highest BCUT2D eigenvalue weighted by Gasteiger charge is 2.21. The number of anilines is 2. The second-order valence-corrected chi connectivity index (χ2v) is 9.04. The molecule has 4 heterocycles. The molecule has 3 aromatic heterocycles. The zero-order valence-corrected chi connectivity index (χ0v) is 21.8. The van der Waals surface area contributed by atoms with Crippen molar-refractivity contribution in [1.29, 1.82) is 0 Å². The highest BCUT2D eigenvalue weighted by atomic mass is 16.5. The molecule has 11 heteroatoms. The highest BCUT2D eigenvalue weighted by molar-refractivity contribution is 6.11. The molecular weight excluding hydrogens is 467 g/mol. The Morgan fingerprint density at radius 1 is 1.24 bits per heavy atom. The molecule has 192 valence electrons. The minimum atomic E-state index is -0.125. The molecule has 37 heavy (non-hydrogen) atoms. The molecule has 0 unspecified atom stereocenters. The summed E-state index contributed by atoms with van der Waals surface area (Å²) in [6, 6.07) is 3.65. The maximum atomic E-state index is 6.39. The summed E-state index contributed by atoms with van der Waals surface area (Å²) in [4.78, 5) is 18.3. The molecule has 1 atom stereocenters. The van der Waals surface area contributed by atoms with Crippen LogP contribution in [0.1, 0.15) is 38.7 Å². The Kier molecular flexibility index (Phi) is 8.42. The van der Waals surface area contributed by atoms with Crippen LogP contribution in [0, 0.1) is 5.92 Å². The number of fused-ring (bicyclic) bond motifs is 6. The maximum absolute atomic E-state index is 6.39. The van der Waals surface area contributed by atoms with Crippen LogP contribution in [0.15, 0.2) is 41.4 Å². The van der Waals surface area contributed by atoms with E-state index in [0.29, 0.717) is 53.7 Å². The number of nitrogens with zero attached hydrogens (tertiary/aromatic N) is 6. The van der Waals surface area contributed by atoms with Gasteiger partial charge in [-0.15, -0.1) is 0 Å². The van der Waals surface area contributed by atoms with Crippen LogP contribution in [0.3, 0.4) is 0 Å². The summed E-state index contributed by atoms with van der Waals surface area (Å²) in [5.41, 5.74) is 9.26. The summed E-state index contributed by atoms with van der Waals surface area (Å²) in [5.74, 6) is 3.69. The van der Waals surface area contributed by atoms with Crippen LogP contribution in [-0.4, -0.2) is 58.0 Å². The van der Waals surface area contributed by atoms with Crippen LogP contribution >= 0.6 is 0 Å². The lowest BCUT2D eigenvalue weighted by atomic mass is 10.1. The fraction of sp³-hybridized carbons (Fsp3) is 0.423. The summed E-state index contributed by atoms with van der Waals surface area (Å²) in [7, 11) is 6.33. The molecule has 1 fully saturated rings. The summed E-state index contributed by atoms with van der Waals surface area (Å²) >= 11 is 0. The van der Waals surface area contributed by atoms with Crippen molar-refractivity contribution in [3.8, 4) is 23.0 Å². The van der Waals surface area contributed by atoms with E-state index < -0.39 is 0 Å². The Morgan fingerprint density at radius 3 is 2.81 bits per heavy atom. The third-order valence-corrected chi connectivity index (χ3v) is 5.99. The first-order chi connectivity index (χ1) is 18.0. The number of rotatable bonds is 4. The largest absolute Gasteiger partial charge is 0.490 e. The van der Waals surface area contributed by atoms with Gasteiger partial charge < -0.3 is 20.5 Å². The van der Waals surface area contributed by atoms with E-state index in [1.165, 1.54) is 19.7 Å². The number of pyridine rings is 1. The van der Waals surface area contributed by atoms with Crippen molar-refractivity contribution < 1.29 is 9.47 Å². The van der Waals surface area contributed by atoms with Crippen LogP contribution < -0.4 is 20.5 Å². The van der Waals surface area contributed by atoms with Crippen LogP contribution in [0.2, 0.25) is 6.82 Å². The monoisotopic (exact) mass is 500 g/mol. The topological polar surface area (TPSA) is 125 Å². The lowest BCUT2D eigenvalue weighted by molar-refractivity contribution is 0.172. The number of aromatic nitrogens is 5. The van der Waals surface area contributed by atoms with Gasteiger partial charge in [0, 0.05) is 61.5 Å². The van der Waals surface area contributed by atoms with Gasteiger partial charge in [-0.2, -0.15) is 5.10 Å². The molecule has 2 radical (unpaired) electrons. The number of aliphatic imine (C=N–C) groups is 1. The van der Waals surface area contributed by atoms with Crippen molar-refractivity contribution in [3.05, 3.63) is 42.0 Å². The van der Waals surface area contributed by atoms with Gasteiger partial charge in [0.2, 0.25) is 5.88 Å². The molecule has 3 aromatic rings. The lowest BCUT2D eigenvalue weighted by Gasteiger charge is -2.20. The van der Waals surface area contributed by atoms with Gasteiger partial charge in [-0.3, -0.25) is 4.99 Å². The molecule has 10 nitrogen and oxygen atoms in total. The van der Waals surface area contributed by atoms with Gasteiger partial charge in [-0.1, -0.05) is 6.82 Å². The summed E-state index contributed by atoms with van der Waals surface area (Å²) in [6.07, 6.45) is 10.0. The number of nitrogens with one attached hydrogen (secondary N) is 1. The van der Waals surface area contributed by atoms with Crippen molar-refractivity contribution >= 4 is 31.3 Å². The molecule has 2 aliphatic rings. The number of hydrogen-bond acceptors (Lipinski definition) is 9. The molecule has 0 saturated heterocycles. The third-order valence-electron chi connectivity index (χ3n) is 5.99. The van der Waals surface area contributed by atoms with E-state index in [-0.39, 0.29) is 6.10 Å². The first-order valence-corrected chi connectivity index (χ1v) is 12.4. The summed E-state index contributed by atoms with van der Waals surface area (Å²) < 4.78 is 14.2. The van der Waals surface area contributed by atoms with Crippen LogP contribution in [-0.2, 0) is 7.05 Å². The fourth-order valence-electron chi connectivity index (χ4n) is 3.82. The molecule has 5 rings (SSSR count). The van der Waals surface area contributed by atoms with Gasteiger partial charge in [-0.25, -0.2) is 19.6 Å². The SMILES string of the molecule is C/C(N)=C(/C=NCC1CC1)c1cnc2cc1O[C@@H](C)CCOc1c(cnn1C)-c1nccc(n1)N2.[B]C. The van der Waals surface area contributed by atoms with E-state index in [2.05, 4.69) is 38.2 Å². The fourth-order valence-corrected chi connectivity index (χ4v) is 3.82. The Balaban J connectivity index is 0.00000156. The van der Waals surface area contributed by atoms with Gasteiger partial charge in [0.15, 0.2) is 5.82 Å². The standard InChI is InChI=1S/C25H30N8O2.CH3B/c1-15-7-9-34-25-20(14-30-33(25)3)24-28-8-6-22(32-24)31-23-10-21(35-15)19(13-29-23)18(16(2)26)12-27-11-17-4-5-17;1-2/h6,8,10,12-15,17H,4-5,7,9,11,26H2,1-3H3,(H,28,29,31,32);1H3/b18-16+,27-12?;/t15-;/m0./s1. The number of aryl methyl sites for hydroxylation is 1. The number of hydrogen-bond donors (Lipinski definition) is 2. The highest BCUT2D eigenvalue weighted by Crippen LogP contribution is 2.33. The number of ether oxygens (including phenoxy) is 2. The lowest BCUT2D eigenvalue weighted by Crippen LogP contribution is -2.18. The zero-order valence-electron chi connectivity index (χ0n) is 21.8. The number of allylic oxidation sites excluding steroid dienone is 2. The minimum Gasteiger partial charge on any atom is -0.490 e.